The van der Waals surface area contributed by atoms with Gasteiger partial charge in [-0.15, -0.1) is 0 Å². The van der Waals surface area contributed by atoms with Crippen molar-refractivity contribution in [2.75, 3.05) is 0 Å². The Labute approximate surface area is 124 Å². The van der Waals surface area contributed by atoms with E-state index in [1.165, 1.54) is 0 Å². The zero-order valence-corrected chi connectivity index (χ0v) is 12.1. The lowest BCUT2D eigenvalue weighted by atomic mass is 10.2. The van der Waals surface area contributed by atoms with Gasteiger partial charge in [-0.3, -0.25) is 9.59 Å². The van der Waals surface area contributed by atoms with Crippen LogP contribution in [0.1, 0.15) is 5.56 Å². The van der Waals surface area contributed by atoms with E-state index in [0.29, 0.717) is 6.42 Å². The van der Waals surface area contributed by atoms with Gasteiger partial charge in [0.25, 0.3) is 9.03 Å². The Morgan fingerprint density at radius 3 is 1.71 bits per heavy atom. The van der Waals surface area contributed by atoms with Gasteiger partial charge in [-0.1, -0.05) is 65.1 Å². The van der Waals surface area contributed by atoms with Crippen molar-refractivity contribution in [3.8, 4) is 0 Å². The highest BCUT2D eigenvalue weighted by Crippen LogP contribution is 2.28. The fourth-order valence-electron chi connectivity index (χ4n) is 0.756. The lowest BCUT2D eigenvalue weighted by molar-refractivity contribution is -0.111. The van der Waals surface area contributed by atoms with Crippen LogP contribution in [0.15, 0.2) is 30.3 Å². The number of hydrogen-bond acceptors (Lipinski definition) is 2. The second kappa shape index (κ2) is 8.17. The van der Waals surface area contributed by atoms with Crippen molar-refractivity contribution in [2.45, 2.75) is 10.2 Å². The summed E-state index contributed by atoms with van der Waals surface area (Å²) in [6.45, 7) is 0. The second-order valence-corrected chi connectivity index (χ2v) is 5.84. The number of halogens is 5. The summed E-state index contributed by atoms with van der Waals surface area (Å²) in [6, 6.07) is 9.42. The maximum absolute atomic E-state index is 10.4. The first-order valence-corrected chi connectivity index (χ1v) is 6.11. The molecule has 94 valence electrons. The Bertz CT molecular complexity index is 372. The molecule has 1 aromatic rings. The Morgan fingerprint density at radius 2 is 1.41 bits per heavy atom. The molecule has 1 aromatic carbocycles. The molecule has 0 aliphatic rings. The molecule has 17 heavy (non-hydrogen) atoms. The van der Waals surface area contributed by atoms with Gasteiger partial charge in [-0.05, 0) is 28.8 Å². The van der Waals surface area contributed by atoms with Crippen molar-refractivity contribution in [1.29, 1.82) is 0 Å². The average molecular weight is 336 g/mol. The zero-order valence-electron chi connectivity index (χ0n) is 8.30. The molecule has 0 unspecified atom stereocenters. The van der Waals surface area contributed by atoms with E-state index in [9.17, 15) is 9.59 Å². The highest BCUT2D eigenvalue weighted by Gasteiger charge is 2.27. The van der Waals surface area contributed by atoms with Crippen LogP contribution in [0.5, 0.6) is 0 Å². The molecule has 0 aliphatic heterocycles. The number of hydrogen-bond donors (Lipinski definition) is 0. The summed E-state index contributed by atoms with van der Waals surface area (Å²) >= 11 is 24.6. The second-order valence-electron chi connectivity index (χ2n) is 2.79. The number of carbonyl (C=O) groups excluding carboxylic acids is 2. The third-order valence-electron chi connectivity index (χ3n) is 1.41. The van der Waals surface area contributed by atoms with E-state index in [2.05, 4.69) is 0 Å². The Kier molecular flexibility index (Phi) is 8.18. The fraction of sp³-hybridized carbons (Fsp3) is 0.200. The monoisotopic (exact) mass is 334 g/mol. The van der Waals surface area contributed by atoms with E-state index in [0.717, 1.165) is 5.56 Å². The van der Waals surface area contributed by atoms with Gasteiger partial charge in [0.2, 0.25) is 5.24 Å². The molecule has 1 rings (SSSR count). The first-order valence-electron chi connectivity index (χ1n) is 4.22. The lowest BCUT2D eigenvalue weighted by Gasteiger charge is -1.99. The Morgan fingerprint density at radius 1 is 1.00 bits per heavy atom. The maximum Gasteiger partial charge on any atom is 0.273 e. The highest BCUT2D eigenvalue weighted by molar-refractivity contribution is 6.88. The van der Waals surface area contributed by atoms with Gasteiger partial charge in [-0.2, -0.15) is 0 Å². The van der Waals surface area contributed by atoms with Crippen molar-refractivity contribution in [2.24, 2.45) is 0 Å². The molecular formula is C10H7Cl5O2. The van der Waals surface area contributed by atoms with Crippen LogP contribution in [0.3, 0.4) is 0 Å². The van der Waals surface area contributed by atoms with Crippen LogP contribution >= 0.6 is 58.0 Å². The molecule has 2 nitrogen and oxygen atoms in total. The molecule has 7 heteroatoms. The van der Waals surface area contributed by atoms with Gasteiger partial charge in [-0.25, -0.2) is 0 Å². The van der Waals surface area contributed by atoms with Crippen LogP contribution in [-0.2, 0) is 16.0 Å². The van der Waals surface area contributed by atoms with Crippen LogP contribution in [0.2, 0.25) is 0 Å². The topological polar surface area (TPSA) is 34.1 Å². The van der Waals surface area contributed by atoms with Gasteiger partial charge in [0.1, 0.15) is 0 Å². The molecule has 0 N–H and O–H groups in total. The van der Waals surface area contributed by atoms with Gasteiger partial charge in [0.15, 0.2) is 0 Å². The van der Waals surface area contributed by atoms with E-state index in [1.54, 1.807) is 0 Å². The largest absolute Gasteiger partial charge is 0.281 e. The van der Waals surface area contributed by atoms with Crippen molar-refractivity contribution in [1.82, 2.24) is 0 Å². The smallest absolute Gasteiger partial charge is 0.273 e. The molecule has 0 atom stereocenters. The van der Waals surface area contributed by atoms with Gasteiger partial charge in [0, 0.05) is 6.42 Å². The molecule has 0 heterocycles. The minimum absolute atomic E-state index is 0.314. The normalized spacial score (nSPS) is 10.2. The predicted molar refractivity (Wildman–Crippen MR) is 72.2 cm³/mol. The summed E-state index contributed by atoms with van der Waals surface area (Å²) in [6.07, 6.45) is 0.322. The van der Waals surface area contributed by atoms with E-state index in [1.807, 2.05) is 30.3 Å². The van der Waals surface area contributed by atoms with Crippen molar-refractivity contribution < 1.29 is 9.59 Å². The van der Waals surface area contributed by atoms with Crippen LogP contribution in [0.25, 0.3) is 0 Å². The summed E-state index contributed by atoms with van der Waals surface area (Å²) in [5, 5.41) is -1.30. The zero-order chi connectivity index (χ0) is 13.5. The summed E-state index contributed by atoms with van der Waals surface area (Å²) in [5.74, 6) is 0. The number of benzene rings is 1. The van der Waals surface area contributed by atoms with Crippen molar-refractivity contribution >= 4 is 68.5 Å². The van der Waals surface area contributed by atoms with E-state index >= 15 is 0 Å². The summed E-state index contributed by atoms with van der Waals surface area (Å²) in [4.78, 5) is 20.2. The van der Waals surface area contributed by atoms with Crippen LogP contribution < -0.4 is 0 Å². The first-order chi connectivity index (χ1) is 7.73. The number of alkyl halides is 3. The van der Waals surface area contributed by atoms with Gasteiger partial charge < -0.3 is 0 Å². The van der Waals surface area contributed by atoms with Gasteiger partial charge >= 0.3 is 0 Å². The number of rotatable bonds is 2. The SMILES string of the molecule is O=C(Cl)C(Cl)(Cl)Cl.O=C(Cl)Cc1ccccc1. The molecule has 0 bridgehead atoms. The number of carbonyl (C=O) groups is 2. The molecular weight excluding hydrogens is 329 g/mol. The molecule has 0 amide bonds. The third kappa shape index (κ3) is 9.69. The maximum atomic E-state index is 10.4. The van der Waals surface area contributed by atoms with E-state index in [-0.39, 0.29) is 5.24 Å². The Hall–Kier alpha value is 0.01000. The Balaban J connectivity index is 0.000000325. The van der Waals surface area contributed by atoms with E-state index in [4.69, 9.17) is 58.0 Å². The minimum Gasteiger partial charge on any atom is -0.281 e. The standard InChI is InChI=1S/C8H7ClO.C2Cl4O/c9-8(10)6-7-4-2-1-3-5-7;3-1(7)2(4,5)6/h1-5H,6H2;. The molecule has 0 saturated heterocycles. The van der Waals surface area contributed by atoms with Crippen LogP contribution in [-0.4, -0.2) is 14.3 Å². The molecule has 0 aromatic heterocycles. The van der Waals surface area contributed by atoms with Crippen molar-refractivity contribution in [3.05, 3.63) is 35.9 Å². The first kappa shape index (κ1) is 17.0. The molecule has 0 spiro atoms. The molecule has 0 fully saturated rings. The summed E-state index contributed by atoms with van der Waals surface area (Å²) < 4.78 is -1.96. The average Bonchev–Trinajstić information content (AvgIpc) is 2.17. The fourth-order valence-corrected chi connectivity index (χ4v) is 0.911. The quantitative estimate of drug-likeness (QED) is 0.601. The third-order valence-corrected chi connectivity index (χ3v) is 2.63. The molecule has 0 radical (unpaired) electrons. The van der Waals surface area contributed by atoms with Gasteiger partial charge in [0.05, 0.1) is 0 Å². The van der Waals surface area contributed by atoms with Crippen LogP contribution in [0.4, 0.5) is 0 Å². The summed E-state index contributed by atoms with van der Waals surface area (Å²) in [7, 11) is 0. The van der Waals surface area contributed by atoms with E-state index < -0.39 is 9.03 Å². The van der Waals surface area contributed by atoms with Crippen molar-refractivity contribution in [3.63, 3.8) is 0 Å². The molecule has 0 saturated carbocycles. The lowest BCUT2D eigenvalue weighted by Crippen LogP contribution is -2.10. The highest BCUT2D eigenvalue weighted by atomic mass is 35.6. The minimum atomic E-state index is -1.96. The van der Waals surface area contributed by atoms with Crippen LogP contribution in [0, 0.1) is 0 Å². The summed E-state index contributed by atoms with van der Waals surface area (Å²) in [5.41, 5.74) is 0.961. The molecule has 0 aliphatic carbocycles. The predicted octanol–water partition coefficient (Wildman–Crippen LogP) is 4.12.